The first-order chi connectivity index (χ1) is 7.51. The van der Waals surface area contributed by atoms with E-state index >= 15 is 0 Å². The highest BCUT2D eigenvalue weighted by Crippen LogP contribution is 2.43. The summed E-state index contributed by atoms with van der Waals surface area (Å²) in [5.74, 6) is 1.10. The minimum absolute atomic E-state index is 0.0266. The van der Waals surface area contributed by atoms with Gasteiger partial charge in [0.25, 0.3) is 0 Å². The summed E-state index contributed by atoms with van der Waals surface area (Å²) in [5, 5.41) is 0. The third-order valence-corrected chi connectivity index (χ3v) is 3.42. The van der Waals surface area contributed by atoms with Crippen molar-refractivity contribution in [2.45, 2.75) is 58.7 Å². The molecule has 0 N–H and O–H groups in total. The molecule has 0 spiro atoms. The lowest BCUT2D eigenvalue weighted by atomic mass is 9.96. The Kier molecular flexibility index (Phi) is 3.25. The Bertz CT molecular complexity index is 306. The summed E-state index contributed by atoms with van der Waals surface area (Å²) in [7, 11) is 0. The van der Waals surface area contributed by atoms with E-state index in [2.05, 4.69) is 45.9 Å². The molecule has 0 amide bonds. The first-order valence-electron chi connectivity index (χ1n) is 6.58. The summed E-state index contributed by atoms with van der Waals surface area (Å²) in [6.07, 6.45) is 11.3. The highest BCUT2D eigenvalue weighted by molar-refractivity contribution is 5.34. The normalized spacial score (nSPS) is 32.2. The Labute approximate surface area is 99.6 Å². The third-order valence-electron chi connectivity index (χ3n) is 3.42. The fourth-order valence-electron chi connectivity index (χ4n) is 2.74. The maximum Gasteiger partial charge on any atom is 0.0779 e. The summed E-state index contributed by atoms with van der Waals surface area (Å²) in [6.45, 7) is 8.70. The summed E-state index contributed by atoms with van der Waals surface area (Å²) < 4.78 is 6.18. The van der Waals surface area contributed by atoms with Crippen molar-refractivity contribution in [3.63, 3.8) is 0 Å². The smallest absolute Gasteiger partial charge is 0.0779 e. The van der Waals surface area contributed by atoms with Crippen molar-refractivity contribution in [3.05, 3.63) is 23.8 Å². The minimum atomic E-state index is -0.0266. The van der Waals surface area contributed by atoms with E-state index in [-0.39, 0.29) is 5.60 Å². The molecule has 2 bridgehead atoms. The van der Waals surface area contributed by atoms with Gasteiger partial charge in [0.2, 0.25) is 0 Å². The number of fused-ring (bicyclic) bond motifs is 2. The Hall–Kier alpha value is -0.560. The zero-order chi connectivity index (χ0) is 11.8. The topological polar surface area (TPSA) is 9.23 Å². The second-order valence-electron chi connectivity index (χ2n) is 6.03. The van der Waals surface area contributed by atoms with Crippen LogP contribution in [-0.4, -0.2) is 11.7 Å². The Morgan fingerprint density at radius 2 is 2.00 bits per heavy atom. The van der Waals surface area contributed by atoms with Crippen molar-refractivity contribution in [2.75, 3.05) is 0 Å². The van der Waals surface area contributed by atoms with Crippen molar-refractivity contribution >= 4 is 0 Å². The van der Waals surface area contributed by atoms with Gasteiger partial charge in [0, 0.05) is 11.8 Å². The first-order valence-corrected chi connectivity index (χ1v) is 6.58. The Morgan fingerprint density at radius 3 is 2.62 bits per heavy atom. The van der Waals surface area contributed by atoms with Crippen molar-refractivity contribution in [2.24, 2.45) is 11.8 Å². The number of unbranched alkanes of at least 4 members (excludes halogenated alkanes) is 1. The largest absolute Gasteiger partial charge is 0.371 e. The van der Waals surface area contributed by atoms with Crippen LogP contribution in [0.2, 0.25) is 0 Å². The van der Waals surface area contributed by atoms with Gasteiger partial charge >= 0.3 is 0 Å². The maximum absolute atomic E-state index is 6.18. The van der Waals surface area contributed by atoms with Crippen molar-refractivity contribution in [1.29, 1.82) is 0 Å². The third kappa shape index (κ3) is 2.40. The quantitative estimate of drug-likeness (QED) is 0.648. The van der Waals surface area contributed by atoms with Gasteiger partial charge in [-0.25, -0.2) is 0 Å². The molecule has 0 fully saturated rings. The number of hydrogen-bond donors (Lipinski definition) is 0. The van der Waals surface area contributed by atoms with E-state index in [1.807, 2.05) is 0 Å². The van der Waals surface area contributed by atoms with E-state index in [1.54, 1.807) is 5.57 Å². The van der Waals surface area contributed by atoms with Gasteiger partial charge in [-0.3, -0.25) is 0 Å². The molecule has 0 saturated heterocycles. The Morgan fingerprint density at radius 1 is 1.25 bits per heavy atom. The van der Waals surface area contributed by atoms with E-state index < -0.39 is 0 Å². The monoisotopic (exact) mass is 220 g/mol. The van der Waals surface area contributed by atoms with Gasteiger partial charge in [0.05, 0.1) is 11.7 Å². The van der Waals surface area contributed by atoms with E-state index in [1.165, 1.54) is 19.3 Å². The fraction of sp³-hybridized carbons (Fsp3) is 0.733. The lowest BCUT2D eigenvalue weighted by Gasteiger charge is -2.28. The van der Waals surface area contributed by atoms with E-state index in [4.69, 9.17) is 4.74 Å². The zero-order valence-corrected chi connectivity index (χ0v) is 11.0. The highest BCUT2D eigenvalue weighted by Gasteiger charge is 2.40. The molecule has 2 rings (SSSR count). The highest BCUT2D eigenvalue weighted by atomic mass is 16.5. The van der Waals surface area contributed by atoms with Gasteiger partial charge in [-0.15, -0.1) is 0 Å². The molecule has 0 aromatic heterocycles. The molecular formula is C15H24O. The average molecular weight is 220 g/mol. The van der Waals surface area contributed by atoms with Crippen LogP contribution in [0.25, 0.3) is 0 Å². The van der Waals surface area contributed by atoms with Crippen molar-refractivity contribution in [1.82, 2.24) is 0 Å². The van der Waals surface area contributed by atoms with Crippen molar-refractivity contribution in [3.8, 4) is 0 Å². The van der Waals surface area contributed by atoms with Gasteiger partial charge in [-0.05, 0) is 33.6 Å². The molecular weight excluding hydrogens is 196 g/mol. The van der Waals surface area contributed by atoms with Crippen LogP contribution in [-0.2, 0) is 4.74 Å². The van der Waals surface area contributed by atoms with Gasteiger partial charge in [-0.2, -0.15) is 0 Å². The molecule has 16 heavy (non-hydrogen) atoms. The van der Waals surface area contributed by atoms with Gasteiger partial charge in [-0.1, -0.05) is 37.1 Å². The molecule has 2 unspecified atom stereocenters. The lowest BCUT2D eigenvalue weighted by Crippen LogP contribution is -2.31. The summed E-state index contributed by atoms with van der Waals surface area (Å²) >= 11 is 0. The number of rotatable bonds is 4. The van der Waals surface area contributed by atoms with Crippen LogP contribution in [0.5, 0.6) is 0 Å². The molecule has 2 aliphatic carbocycles. The molecule has 0 saturated carbocycles. The maximum atomic E-state index is 6.18. The van der Waals surface area contributed by atoms with Crippen LogP contribution >= 0.6 is 0 Å². The van der Waals surface area contributed by atoms with E-state index in [0.717, 1.165) is 0 Å². The average Bonchev–Trinajstić information content (AvgIpc) is 2.70. The van der Waals surface area contributed by atoms with Crippen LogP contribution in [0, 0.1) is 11.8 Å². The first kappa shape index (κ1) is 11.9. The second kappa shape index (κ2) is 4.37. The summed E-state index contributed by atoms with van der Waals surface area (Å²) in [6, 6.07) is 0. The molecule has 1 nitrogen and oxygen atoms in total. The lowest BCUT2D eigenvalue weighted by molar-refractivity contribution is -0.0730. The number of hydrogen-bond acceptors (Lipinski definition) is 1. The van der Waals surface area contributed by atoms with Crippen LogP contribution < -0.4 is 0 Å². The van der Waals surface area contributed by atoms with Crippen LogP contribution in [0.3, 0.4) is 0 Å². The summed E-state index contributed by atoms with van der Waals surface area (Å²) in [5.41, 5.74) is 1.59. The predicted molar refractivity (Wildman–Crippen MR) is 68.4 cm³/mol. The molecule has 0 radical (unpaired) electrons. The molecule has 90 valence electrons. The standard InChI is InChI=1S/C15H24O/c1-5-6-7-11-10-12-8-9-13(11)14(12)16-15(2,3)4/h8-10,12-14H,5-7H2,1-4H3/t12?,13?,14-/m1/s1. The van der Waals surface area contributed by atoms with Crippen LogP contribution in [0.15, 0.2) is 23.8 Å². The molecule has 3 atom stereocenters. The molecule has 0 aromatic carbocycles. The molecule has 0 heterocycles. The number of ether oxygens (including phenoxy) is 1. The Balaban J connectivity index is 1.97. The zero-order valence-electron chi connectivity index (χ0n) is 11.0. The predicted octanol–water partition coefficient (Wildman–Crippen LogP) is 4.10. The SMILES string of the molecule is CCCCC1=CC2C=CC1[C@@H]2OC(C)(C)C. The van der Waals surface area contributed by atoms with Crippen LogP contribution in [0.1, 0.15) is 47.0 Å². The molecule has 0 aliphatic heterocycles. The molecule has 1 heteroatoms. The molecule has 0 aromatic rings. The van der Waals surface area contributed by atoms with Gasteiger partial charge in [0.1, 0.15) is 0 Å². The fourth-order valence-corrected chi connectivity index (χ4v) is 2.74. The van der Waals surface area contributed by atoms with E-state index in [0.29, 0.717) is 17.9 Å². The van der Waals surface area contributed by atoms with Crippen molar-refractivity contribution < 1.29 is 4.74 Å². The van der Waals surface area contributed by atoms with E-state index in [9.17, 15) is 0 Å². The van der Waals surface area contributed by atoms with Gasteiger partial charge < -0.3 is 4.74 Å². The minimum Gasteiger partial charge on any atom is -0.371 e. The molecule has 2 aliphatic rings. The second-order valence-corrected chi connectivity index (χ2v) is 6.03. The van der Waals surface area contributed by atoms with Crippen LogP contribution in [0.4, 0.5) is 0 Å². The van der Waals surface area contributed by atoms with Gasteiger partial charge in [0.15, 0.2) is 0 Å². The summed E-state index contributed by atoms with van der Waals surface area (Å²) in [4.78, 5) is 0.